The van der Waals surface area contributed by atoms with Gasteiger partial charge in [-0.15, -0.1) is 12.4 Å². The second-order valence-corrected chi connectivity index (χ2v) is 5.43. The van der Waals surface area contributed by atoms with Crippen molar-refractivity contribution in [1.82, 2.24) is 10.1 Å². The van der Waals surface area contributed by atoms with Crippen LogP contribution in [-0.4, -0.2) is 16.7 Å². The Kier molecular flexibility index (Phi) is 4.83. The summed E-state index contributed by atoms with van der Waals surface area (Å²) in [5.41, 5.74) is 6.12. The van der Waals surface area contributed by atoms with Gasteiger partial charge in [-0.05, 0) is 36.9 Å². The Bertz CT molecular complexity index is 518. The molecule has 0 atom stereocenters. The highest BCUT2D eigenvalue weighted by Crippen LogP contribution is 2.38. The van der Waals surface area contributed by atoms with Crippen LogP contribution in [0, 0.1) is 5.41 Å². The number of rotatable bonds is 4. The lowest BCUT2D eigenvalue weighted by molar-refractivity contribution is 0.177. The topological polar surface area (TPSA) is 78.1 Å². The SMILES string of the molecule is Cl.NCC1(Cc2nc(-c3ccco3)no2)CCCCC1. The third kappa shape index (κ3) is 3.04. The molecule has 2 N–H and O–H groups in total. The van der Waals surface area contributed by atoms with Crippen LogP contribution in [0.4, 0.5) is 0 Å². The molecule has 20 heavy (non-hydrogen) atoms. The standard InChI is InChI=1S/C14H19N3O2.ClH/c15-10-14(6-2-1-3-7-14)9-12-16-13(17-19-12)11-5-4-8-18-11;/h4-5,8H,1-3,6-7,9-10,15H2;1H. The number of hydrogen-bond donors (Lipinski definition) is 1. The van der Waals surface area contributed by atoms with Crippen molar-refractivity contribution in [1.29, 1.82) is 0 Å². The average molecular weight is 298 g/mol. The zero-order valence-corrected chi connectivity index (χ0v) is 12.2. The van der Waals surface area contributed by atoms with Crippen LogP contribution >= 0.6 is 12.4 Å². The largest absolute Gasteiger partial charge is 0.461 e. The highest BCUT2D eigenvalue weighted by Gasteiger charge is 2.33. The van der Waals surface area contributed by atoms with E-state index >= 15 is 0 Å². The zero-order chi connectivity index (χ0) is 13.1. The van der Waals surface area contributed by atoms with Crippen LogP contribution in [0.15, 0.2) is 27.3 Å². The van der Waals surface area contributed by atoms with E-state index in [4.69, 9.17) is 14.7 Å². The van der Waals surface area contributed by atoms with Crippen LogP contribution in [0.1, 0.15) is 38.0 Å². The number of furan rings is 1. The first-order chi connectivity index (χ1) is 9.31. The van der Waals surface area contributed by atoms with Gasteiger partial charge >= 0.3 is 0 Å². The molecule has 0 amide bonds. The van der Waals surface area contributed by atoms with E-state index in [1.54, 1.807) is 6.26 Å². The third-order valence-electron chi connectivity index (χ3n) is 4.08. The Hall–Kier alpha value is -1.33. The molecule has 0 unspecified atom stereocenters. The fraction of sp³-hybridized carbons (Fsp3) is 0.571. The second kappa shape index (κ2) is 6.41. The van der Waals surface area contributed by atoms with Crippen molar-refractivity contribution in [2.24, 2.45) is 11.1 Å². The van der Waals surface area contributed by atoms with Crippen molar-refractivity contribution >= 4 is 12.4 Å². The number of halogens is 1. The van der Waals surface area contributed by atoms with Gasteiger partial charge in [-0.1, -0.05) is 24.4 Å². The predicted molar refractivity (Wildman–Crippen MR) is 77.5 cm³/mol. The van der Waals surface area contributed by atoms with Crippen LogP contribution < -0.4 is 5.73 Å². The minimum Gasteiger partial charge on any atom is -0.461 e. The molecule has 5 nitrogen and oxygen atoms in total. The van der Waals surface area contributed by atoms with Crippen molar-refractivity contribution in [3.05, 3.63) is 24.3 Å². The number of aromatic nitrogens is 2. The molecule has 0 bridgehead atoms. The fourth-order valence-electron chi connectivity index (χ4n) is 2.91. The van der Waals surface area contributed by atoms with Crippen molar-refractivity contribution in [3.63, 3.8) is 0 Å². The minimum absolute atomic E-state index is 0. The summed E-state index contributed by atoms with van der Waals surface area (Å²) in [6, 6.07) is 3.64. The van der Waals surface area contributed by atoms with Crippen LogP contribution in [0.3, 0.4) is 0 Å². The van der Waals surface area contributed by atoms with E-state index < -0.39 is 0 Å². The molecule has 2 heterocycles. The lowest BCUT2D eigenvalue weighted by Crippen LogP contribution is -2.35. The molecule has 0 aromatic carbocycles. The zero-order valence-electron chi connectivity index (χ0n) is 11.4. The first-order valence-electron chi connectivity index (χ1n) is 6.88. The number of nitrogens with zero attached hydrogens (tertiary/aromatic N) is 2. The van der Waals surface area contributed by atoms with Gasteiger partial charge in [0, 0.05) is 6.42 Å². The summed E-state index contributed by atoms with van der Waals surface area (Å²) in [5, 5.41) is 3.97. The summed E-state index contributed by atoms with van der Waals surface area (Å²) in [5.74, 6) is 1.82. The number of hydrogen-bond acceptors (Lipinski definition) is 5. The van der Waals surface area contributed by atoms with E-state index in [1.807, 2.05) is 12.1 Å². The van der Waals surface area contributed by atoms with Gasteiger partial charge in [0.1, 0.15) is 0 Å². The van der Waals surface area contributed by atoms with Gasteiger partial charge in [0.2, 0.25) is 11.7 Å². The Morgan fingerprint density at radius 1 is 1.25 bits per heavy atom. The Balaban J connectivity index is 0.00000147. The average Bonchev–Trinajstić information content (AvgIpc) is 3.10. The molecule has 0 radical (unpaired) electrons. The fourth-order valence-corrected chi connectivity index (χ4v) is 2.91. The smallest absolute Gasteiger partial charge is 0.238 e. The highest BCUT2D eigenvalue weighted by atomic mass is 35.5. The molecule has 3 rings (SSSR count). The lowest BCUT2D eigenvalue weighted by atomic mass is 9.72. The van der Waals surface area contributed by atoms with Crippen LogP contribution in [0.5, 0.6) is 0 Å². The van der Waals surface area contributed by atoms with Gasteiger partial charge in [-0.25, -0.2) is 0 Å². The monoisotopic (exact) mass is 297 g/mol. The van der Waals surface area contributed by atoms with E-state index in [0.717, 1.165) is 19.3 Å². The first-order valence-corrected chi connectivity index (χ1v) is 6.88. The van der Waals surface area contributed by atoms with Crippen LogP contribution in [0.25, 0.3) is 11.6 Å². The van der Waals surface area contributed by atoms with Gasteiger partial charge in [-0.2, -0.15) is 4.98 Å². The molecule has 2 aromatic rings. The Morgan fingerprint density at radius 3 is 2.70 bits per heavy atom. The molecule has 1 saturated carbocycles. The third-order valence-corrected chi connectivity index (χ3v) is 4.08. The minimum atomic E-state index is 0. The first kappa shape index (κ1) is 15.1. The lowest BCUT2D eigenvalue weighted by Gasteiger charge is -2.34. The van der Waals surface area contributed by atoms with Gasteiger partial charge in [0.05, 0.1) is 6.26 Å². The van der Waals surface area contributed by atoms with E-state index in [9.17, 15) is 0 Å². The Labute approximate surface area is 124 Å². The van der Waals surface area contributed by atoms with Crippen molar-refractivity contribution in [2.45, 2.75) is 38.5 Å². The van der Waals surface area contributed by atoms with Crippen molar-refractivity contribution in [3.8, 4) is 11.6 Å². The maximum absolute atomic E-state index is 5.98. The highest BCUT2D eigenvalue weighted by molar-refractivity contribution is 5.85. The molecule has 1 fully saturated rings. The van der Waals surface area contributed by atoms with E-state index in [1.165, 1.54) is 19.3 Å². The van der Waals surface area contributed by atoms with Crippen LogP contribution in [-0.2, 0) is 6.42 Å². The van der Waals surface area contributed by atoms with Crippen LogP contribution in [0.2, 0.25) is 0 Å². The summed E-state index contributed by atoms with van der Waals surface area (Å²) in [7, 11) is 0. The molecule has 2 aromatic heterocycles. The predicted octanol–water partition coefficient (Wildman–Crippen LogP) is 3.20. The van der Waals surface area contributed by atoms with Gasteiger partial charge in [0.15, 0.2) is 5.76 Å². The molecule has 1 aliphatic rings. The number of nitrogens with two attached hydrogens (primary N) is 1. The molecule has 6 heteroatoms. The summed E-state index contributed by atoms with van der Waals surface area (Å²) in [4.78, 5) is 4.41. The molecule has 0 spiro atoms. The Morgan fingerprint density at radius 2 is 2.05 bits per heavy atom. The van der Waals surface area contributed by atoms with Gasteiger partial charge in [-0.3, -0.25) is 0 Å². The molecule has 0 aliphatic heterocycles. The molecule has 1 aliphatic carbocycles. The normalized spacial score (nSPS) is 17.6. The van der Waals surface area contributed by atoms with E-state index in [-0.39, 0.29) is 17.8 Å². The van der Waals surface area contributed by atoms with Gasteiger partial charge in [0.25, 0.3) is 0 Å². The second-order valence-electron chi connectivity index (χ2n) is 5.43. The van der Waals surface area contributed by atoms with E-state index in [2.05, 4.69) is 10.1 Å². The summed E-state index contributed by atoms with van der Waals surface area (Å²) in [6.45, 7) is 0.686. The van der Waals surface area contributed by atoms with Gasteiger partial charge < -0.3 is 14.7 Å². The summed E-state index contributed by atoms with van der Waals surface area (Å²) in [6.07, 6.45) is 8.49. The molecule has 110 valence electrons. The maximum atomic E-state index is 5.98. The quantitative estimate of drug-likeness (QED) is 0.937. The molecular weight excluding hydrogens is 278 g/mol. The maximum Gasteiger partial charge on any atom is 0.238 e. The van der Waals surface area contributed by atoms with E-state index in [0.29, 0.717) is 24.0 Å². The summed E-state index contributed by atoms with van der Waals surface area (Å²) >= 11 is 0. The van der Waals surface area contributed by atoms with Crippen molar-refractivity contribution in [2.75, 3.05) is 6.54 Å². The molecule has 0 saturated heterocycles. The van der Waals surface area contributed by atoms with Crippen molar-refractivity contribution < 1.29 is 8.94 Å². The molecular formula is C14H20ClN3O2. The summed E-state index contributed by atoms with van der Waals surface area (Å²) < 4.78 is 10.6.